The summed E-state index contributed by atoms with van der Waals surface area (Å²) >= 11 is 0. The van der Waals surface area contributed by atoms with Crippen molar-refractivity contribution in [1.82, 2.24) is 0 Å². The van der Waals surface area contributed by atoms with Gasteiger partial charge in [-0.25, -0.2) is 0 Å². The minimum absolute atomic E-state index is 0.0208. The molecular weight excluding hydrogens is 246 g/mol. The van der Waals surface area contributed by atoms with Crippen LogP contribution in [-0.2, 0) is 0 Å². The van der Waals surface area contributed by atoms with Crippen LogP contribution in [0.4, 0.5) is 0 Å². The van der Waals surface area contributed by atoms with Gasteiger partial charge in [-0.05, 0) is 68.2 Å². The molecule has 2 bridgehead atoms. The third kappa shape index (κ3) is 3.49. The Hall–Kier alpha value is -0.690. The van der Waals surface area contributed by atoms with Crippen molar-refractivity contribution in [2.45, 2.75) is 96.4 Å². The summed E-state index contributed by atoms with van der Waals surface area (Å²) in [6, 6.07) is 0. The number of hydrogen-bond acceptors (Lipinski definition) is 1. The Labute approximate surface area is 124 Å². The van der Waals surface area contributed by atoms with E-state index >= 15 is 0 Å². The molecule has 3 nitrogen and oxygen atoms in total. The second kappa shape index (κ2) is 6.85. The maximum atomic E-state index is 8.37. The molecule has 0 saturated heterocycles. The van der Waals surface area contributed by atoms with Crippen molar-refractivity contribution in [3.8, 4) is 0 Å². The predicted molar refractivity (Wildman–Crippen MR) is 84.6 cm³/mol. The summed E-state index contributed by atoms with van der Waals surface area (Å²) in [5.41, 5.74) is 9.20. The molecule has 0 unspecified atom stereocenters. The van der Waals surface area contributed by atoms with Crippen molar-refractivity contribution in [3.63, 3.8) is 0 Å². The lowest BCUT2D eigenvalue weighted by Crippen LogP contribution is -2.27. The first-order chi connectivity index (χ1) is 9.67. The van der Waals surface area contributed by atoms with E-state index in [-0.39, 0.29) is 5.54 Å². The molecule has 0 aliphatic heterocycles. The monoisotopic (exact) mass is 277 g/mol. The topological polar surface area (TPSA) is 48.8 Å². The second-order valence-electron chi connectivity index (χ2n) is 7.33. The minimum Gasteiger partial charge on any atom is -0.0873 e. The molecule has 0 heterocycles. The number of hydrogen-bond donors (Lipinski definition) is 0. The largest absolute Gasteiger partial charge is 0.0873 e. The highest BCUT2D eigenvalue weighted by Gasteiger charge is 2.42. The average Bonchev–Trinajstić information content (AvgIpc) is 3.11. The van der Waals surface area contributed by atoms with E-state index in [1.165, 1.54) is 25.7 Å². The van der Waals surface area contributed by atoms with Gasteiger partial charge in [0.05, 0.1) is 0 Å². The van der Waals surface area contributed by atoms with E-state index in [4.69, 9.17) is 5.53 Å². The summed E-state index contributed by atoms with van der Waals surface area (Å²) in [5, 5.41) is 3.91. The molecule has 3 heteroatoms. The zero-order valence-corrected chi connectivity index (χ0v) is 13.4. The Bertz CT molecular complexity index is 343. The second-order valence-corrected chi connectivity index (χ2v) is 7.33. The molecular formula is C17H31N3. The maximum Gasteiger partial charge on any atom is 0.0485 e. The molecule has 0 amide bonds. The van der Waals surface area contributed by atoms with Gasteiger partial charge in [0.15, 0.2) is 0 Å². The van der Waals surface area contributed by atoms with Crippen molar-refractivity contribution in [2.24, 2.45) is 16.4 Å². The van der Waals surface area contributed by atoms with Gasteiger partial charge in [0.2, 0.25) is 0 Å². The molecule has 3 saturated carbocycles. The van der Waals surface area contributed by atoms with Gasteiger partial charge in [0.1, 0.15) is 0 Å². The van der Waals surface area contributed by atoms with Crippen molar-refractivity contribution in [1.29, 1.82) is 0 Å². The smallest absolute Gasteiger partial charge is 0.0485 e. The first-order valence-corrected chi connectivity index (χ1v) is 8.74. The first kappa shape index (κ1) is 15.7. The molecule has 114 valence electrons. The lowest BCUT2D eigenvalue weighted by Gasteiger charge is -2.31. The minimum atomic E-state index is -0.0208. The van der Waals surface area contributed by atoms with Gasteiger partial charge in [-0.3, -0.25) is 0 Å². The van der Waals surface area contributed by atoms with Crippen molar-refractivity contribution < 1.29 is 0 Å². The van der Waals surface area contributed by atoms with Crippen LogP contribution in [0.2, 0.25) is 0 Å². The Morgan fingerprint density at radius 1 is 1.00 bits per heavy atom. The molecule has 0 aromatic carbocycles. The third-order valence-corrected chi connectivity index (χ3v) is 6.34. The van der Waals surface area contributed by atoms with Crippen LogP contribution in [0.1, 0.15) is 90.9 Å². The fourth-order valence-corrected chi connectivity index (χ4v) is 4.64. The molecule has 0 atom stereocenters. The molecule has 0 spiro atoms. The molecule has 3 aliphatic rings. The average molecular weight is 277 g/mol. The van der Waals surface area contributed by atoms with E-state index in [1.807, 2.05) is 0 Å². The molecule has 0 N–H and O–H groups in total. The van der Waals surface area contributed by atoms with Crippen LogP contribution in [0.5, 0.6) is 0 Å². The normalized spacial score (nSPS) is 34.0. The van der Waals surface area contributed by atoms with Crippen LogP contribution < -0.4 is 0 Å². The molecule has 0 aromatic heterocycles. The number of rotatable bonds is 3. The van der Waals surface area contributed by atoms with Gasteiger partial charge in [-0.1, -0.05) is 44.6 Å². The Morgan fingerprint density at radius 2 is 1.65 bits per heavy atom. The lowest BCUT2D eigenvalue weighted by atomic mass is 9.81. The van der Waals surface area contributed by atoms with Gasteiger partial charge >= 0.3 is 0 Å². The lowest BCUT2D eigenvalue weighted by molar-refractivity contribution is 0.283. The van der Waals surface area contributed by atoms with Gasteiger partial charge in [-0.2, -0.15) is 0 Å². The molecule has 3 rings (SSSR count). The van der Waals surface area contributed by atoms with E-state index in [1.54, 1.807) is 32.1 Å². The fourth-order valence-electron chi connectivity index (χ4n) is 4.64. The molecule has 0 aromatic rings. The summed E-state index contributed by atoms with van der Waals surface area (Å²) in [6.45, 7) is 4.48. The van der Waals surface area contributed by atoms with Gasteiger partial charge in [0.25, 0.3) is 0 Å². The SMILES string of the molecule is CCC1(N=[N+]=[N-])CCCCC1.CCC12CCC(CC1)C2. The highest BCUT2D eigenvalue weighted by atomic mass is 15.2. The predicted octanol–water partition coefficient (Wildman–Crippen LogP) is 6.39. The van der Waals surface area contributed by atoms with Crippen molar-refractivity contribution >= 4 is 0 Å². The summed E-state index contributed by atoms with van der Waals surface area (Å²) in [7, 11) is 0. The quantitative estimate of drug-likeness (QED) is 0.326. The standard InChI is InChI=1S/C9H16.C8H15N3/c1-2-9-5-3-8(7-9)4-6-9;1-2-8(10-11-9)6-4-3-5-7-8/h8H,2-7H2,1H3;2-7H2,1H3. The van der Waals surface area contributed by atoms with Crippen molar-refractivity contribution in [3.05, 3.63) is 10.4 Å². The van der Waals surface area contributed by atoms with Crippen LogP contribution in [0.3, 0.4) is 0 Å². The molecule has 20 heavy (non-hydrogen) atoms. The summed E-state index contributed by atoms with van der Waals surface area (Å²) in [4.78, 5) is 2.93. The van der Waals surface area contributed by atoms with Gasteiger partial charge < -0.3 is 0 Å². The van der Waals surface area contributed by atoms with E-state index in [0.717, 1.165) is 30.6 Å². The molecule has 3 aliphatic carbocycles. The Balaban J connectivity index is 0.000000149. The highest BCUT2D eigenvalue weighted by Crippen LogP contribution is 2.55. The van der Waals surface area contributed by atoms with Gasteiger partial charge in [-0.15, -0.1) is 0 Å². The number of azide groups is 1. The number of nitrogens with zero attached hydrogens (tertiary/aromatic N) is 3. The van der Waals surface area contributed by atoms with Gasteiger partial charge in [0, 0.05) is 10.5 Å². The molecule has 3 fully saturated rings. The zero-order chi connectivity index (χ0) is 14.5. The fraction of sp³-hybridized carbons (Fsp3) is 1.00. The van der Waals surface area contributed by atoms with Crippen LogP contribution >= 0.6 is 0 Å². The Morgan fingerprint density at radius 3 is 2.00 bits per heavy atom. The maximum absolute atomic E-state index is 8.37. The van der Waals surface area contributed by atoms with E-state index in [9.17, 15) is 0 Å². The van der Waals surface area contributed by atoms with Crippen LogP contribution in [0, 0.1) is 11.3 Å². The molecule has 0 radical (unpaired) electrons. The van der Waals surface area contributed by atoms with Crippen molar-refractivity contribution in [2.75, 3.05) is 0 Å². The third-order valence-electron chi connectivity index (χ3n) is 6.34. The van der Waals surface area contributed by atoms with E-state index in [2.05, 4.69) is 23.9 Å². The van der Waals surface area contributed by atoms with E-state index in [0.29, 0.717) is 0 Å². The van der Waals surface area contributed by atoms with Crippen LogP contribution in [-0.4, -0.2) is 5.54 Å². The Kier molecular flexibility index (Phi) is 5.37. The zero-order valence-electron chi connectivity index (χ0n) is 13.4. The van der Waals surface area contributed by atoms with E-state index < -0.39 is 0 Å². The summed E-state index contributed by atoms with van der Waals surface area (Å²) in [5.74, 6) is 1.14. The van der Waals surface area contributed by atoms with Crippen LogP contribution in [0.15, 0.2) is 5.11 Å². The summed E-state index contributed by atoms with van der Waals surface area (Å²) < 4.78 is 0. The first-order valence-electron chi connectivity index (χ1n) is 8.74. The van der Waals surface area contributed by atoms with Crippen LogP contribution in [0.25, 0.3) is 10.4 Å². The summed E-state index contributed by atoms with van der Waals surface area (Å²) in [6.07, 6.45) is 16.2. The highest BCUT2D eigenvalue weighted by molar-refractivity contribution is 4.94. The number of fused-ring (bicyclic) bond motifs is 2.